The summed E-state index contributed by atoms with van der Waals surface area (Å²) < 4.78 is 10.7. The van der Waals surface area contributed by atoms with Crippen molar-refractivity contribution in [1.29, 1.82) is 0 Å². The molecular formula is C87H136O5. The van der Waals surface area contributed by atoms with Gasteiger partial charge in [0.05, 0.1) is 6.61 Å². The Kier molecular flexibility index (Phi) is 74.5. The van der Waals surface area contributed by atoms with E-state index in [2.05, 4.69) is 233 Å². The number of hydrogen-bond donors (Lipinski definition) is 1. The SMILES string of the molecule is CC/C=C\C/C=C\C/C=C\C/C=C\C/C=C\C/C=C\C/C=C\C/C=C\C/C=C\C/C=C\C/C=C\CCCCCC(=O)OC(CO)COC(=O)CCCCCCCCCCCCCCCCCCCCC/C=C\C/C=C\C/C=C\C/C=C\C/C=C\C/C=C\C/C=C\CC. The van der Waals surface area contributed by atoms with E-state index in [0.717, 1.165) is 161 Å². The molecule has 0 aromatic rings. The van der Waals surface area contributed by atoms with Crippen LogP contribution in [0.5, 0.6) is 0 Å². The smallest absolute Gasteiger partial charge is 0.306 e. The van der Waals surface area contributed by atoms with Gasteiger partial charge in [0.25, 0.3) is 0 Å². The molecule has 1 atom stereocenters. The molecule has 1 N–H and O–H groups in total. The van der Waals surface area contributed by atoms with Crippen LogP contribution in [0, 0.1) is 0 Å². The maximum atomic E-state index is 12.4. The molecular weight excluding hydrogens is 1120 g/mol. The van der Waals surface area contributed by atoms with E-state index >= 15 is 0 Å². The largest absolute Gasteiger partial charge is 0.462 e. The van der Waals surface area contributed by atoms with Crippen molar-refractivity contribution in [3.8, 4) is 0 Å². The van der Waals surface area contributed by atoms with Crippen LogP contribution in [0.2, 0.25) is 0 Å². The molecule has 0 bridgehead atoms. The van der Waals surface area contributed by atoms with Gasteiger partial charge in [-0.1, -0.05) is 348 Å². The minimum atomic E-state index is -0.806. The molecule has 5 nitrogen and oxygen atoms in total. The van der Waals surface area contributed by atoms with Crippen LogP contribution >= 0.6 is 0 Å². The van der Waals surface area contributed by atoms with E-state index in [1.54, 1.807) is 0 Å². The lowest BCUT2D eigenvalue weighted by Gasteiger charge is -2.15. The van der Waals surface area contributed by atoms with Crippen molar-refractivity contribution < 1.29 is 24.2 Å². The average Bonchev–Trinajstić information content (AvgIpc) is 3.70. The summed E-state index contributed by atoms with van der Waals surface area (Å²) in [5.41, 5.74) is 0. The van der Waals surface area contributed by atoms with E-state index in [9.17, 15) is 14.7 Å². The highest BCUT2D eigenvalue weighted by molar-refractivity contribution is 5.70. The van der Waals surface area contributed by atoms with Crippen molar-refractivity contribution in [2.75, 3.05) is 13.2 Å². The molecule has 5 heteroatoms. The molecule has 0 aromatic carbocycles. The number of esters is 2. The molecule has 92 heavy (non-hydrogen) atoms. The molecule has 0 aliphatic carbocycles. The molecule has 0 aliphatic rings. The third-order valence-electron chi connectivity index (χ3n) is 15.3. The van der Waals surface area contributed by atoms with Crippen molar-refractivity contribution in [2.45, 2.75) is 302 Å². The highest BCUT2D eigenvalue weighted by atomic mass is 16.6. The molecule has 0 saturated heterocycles. The van der Waals surface area contributed by atoms with E-state index in [1.807, 2.05) is 0 Å². The Balaban J connectivity index is 3.59. The molecule has 0 radical (unpaired) electrons. The van der Waals surface area contributed by atoms with Gasteiger partial charge in [-0.25, -0.2) is 0 Å². The normalized spacial score (nSPS) is 13.6. The third-order valence-corrected chi connectivity index (χ3v) is 15.3. The lowest BCUT2D eigenvalue weighted by molar-refractivity contribution is -0.161. The predicted molar refractivity (Wildman–Crippen MR) is 407 cm³/mol. The number of aliphatic hydroxyl groups excluding tert-OH is 1. The summed E-state index contributed by atoms with van der Waals surface area (Å²) in [5, 5.41) is 9.71. The maximum Gasteiger partial charge on any atom is 0.306 e. The second-order valence-electron chi connectivity index (χ2n) is 23.9. The van der Waals surface area contributed by atoms with E-state index in [0.29, 0.717) is 12.8 Å². The fourth-order valence-electron chi connectivity index (χ4n) is 9.78. The molecule has 0 saturated carbocycles. The zero-order valence-corrected chi connectivity index (χ0v) is 59.0. The maximum absolute atomic E-state index is 12.4. The van der Waals surface area contributed by atoms with Crippen molar-refractivity contribution in [2.24, 2.45) is 0 Å². The molecule has 514 valence electrons. The summed E-state index contributed by atoms with van der Waals surface area (Å²) in [6.07, 6.45) is 128. The molecule has 0 aromatic heterocycles. The van der Waals surface area contributed by atoms with Crippen LogP contribution in [0.1, 0.15) is 296 Å². The third kappa shape index (κ3) is 76.7. The Hall–Kier alpha value is -5.78. The fraction of sp³-hybridized carbons (Fsp3) is 0.563. The monoisotopic (exact) mass is 1260 g/mol. The van der Waals surface area contributed by atoms with Crippen LogP contribution in [0.3, 0.4) is 0 Å². The van der Waals surface area contributed by atoms with Crippen molar-refractivity contribution in [3.05, 3.63) is 219 Å². The van der Waals surface area contributed by atoms with Gasteiger partial charge < -0.3 is 14.6 Å². The summed E-state index contributed by atoms with van der Waals surface area (Å²) in [4.78, 5) is 24.7. The van der Waals surface area contributed by atoms with Crippen molar-refractivity contribution >= 4 is 11.9 Å². The number of carbonyl (C=O) groups excluding carboxylic acids is 2. The number of aliphatic hydroxyl groups is 1. The molecule has 0 rings (SSSR count). The van der Waals surface area contributed by atoms with E-state index in [-0.39, 0.29) is 25.2 Å². The van der Waals surface area contributed by atoms with Crippen LogP contribution < -0.4 is 0 Å². The second-order valence-corrected chi connectivity index (χ2v) is 23.9. The lowest BCUT2D eigenvalue weighted by atomic mass is 10.0. The molecule has 0 amide bonds. The first kappa shape index (κ1) is 86.2. The average molecular weight is 1260 g/mol. The van der Waals surface area contributed by atoms with E-state index < -0.39 is 6.10 Å². The number of ether oxygens (including phenoxy) is 2. The standard InChI is InChI=1S/C87H136O5/c1-3-5-7-9-11-13-15-17-19-21-23-25-27-29-31-33-35-37-39-41-42-43-44-46-47-49-51-53-55-57-59-61-63-65-67-69-71-73-75-77-79-81-86(89)91-84-85(83-88)92-87(90)82-80-78-76-74-72-70-68-66-64-62-60-58-56-54-52-50-48-45-40-38-36-34-32-30-28-26-24-22-20-18-16-14-12-10-8-6-4-2/h5-8,11-14,17-20,23-26,29-32,35-38,41-42,45,48,52,54,58,60,64,66,70,72,85,88H,3-4,9-10,15-16,21-22,27-28,33-34,39-40,43-44,46-47,49-51,53,55-57,59,61-63,65,67-69,71,73-84H2,1-2H3/b7-5-,8-6-,13-11-,14-12-,19-17-,20-18-,25-23-,26-24-,31-29-,32-30-,37-35-,38-36-,42-41-,48-45-,54-52-,60-58-,66-64-,72-70-. The highest BCUT2D eigenvalue weighted by Gasteiger charge is 2.16. The molecule has 1 unspecified atom stereocenters. The van der Waals surface area contributed by atoms with Gasteiger partial charge in [0, 0.05) is 12.8 Å². The van der Waals surface area contributed by atoms with Crippen LogP contribution in [0.25, 0.3) is 0 Å². The number of hydrogen-bond acceptors (Lipinski definition) is 5. The van der Waals surface area contributed by atoms with Crippen LogP contribution in [-0.2, 0) is 19.1 Å². The van der Waals surface area contributed by atoms with Gasteiger partial charge in [-0.05, 0) is 154 Å². The molecule has 0 aliphatic heterocycles. The zero-order chi connectivity index (χ0) is 66.1. The van der Waals surface area contributed by atoms with Gasteiger partial charge >= 0.3 is 11.9 Å². The second kappa shape index (κ2) is 79.5. The van der Waals surface area contributed by atoms with Gasteiger partial charge in [-0.2, -0.15) is 0 Å². The Morgan fingerprint density at radius 2 is 0.435 bits per heavy atom. The number of carbonyl (C=O) groups is 2. The summed E-state index contributed by atoms with van der Waals surface area (Å²) in [6.45, 7) is 3.89. The minimum Gasteiger partial charge on any atom is -0.462 e. The topological polar surface area (TPSA) is 72.8 Å². The van der Waals surface area contributed by atoms with Crippen molar-refractivity contribution in [1.82, 2.24) is 0 Å². The fourth-order valence-corrected chi connectivity index (χ4v) is 9.78. The first-order valence-electron chi connectivity index (χ1n) is 37.3. The van der Waals surface area contributed by atoms with E-state index in [4.69, 9.17) is 9.47 Å². The summed E-state index contributed by atoms with van der Waals surface area (Å²) >= 11 is 0. The molecule has 0 spiro atoms. The van der Waals surface area contributed by atoms with Crippen LogP contribution in [0.15, 0.2) is 219 Å². The predicted octanol–water partition coefficient (Wildman–Crippen LogP) is 26.6. The number of rotatable bonds is 66. The quantitative estimate of drug-likeness (QED) is 0.0373. The van der Waals surface area contributed by atoms with Gasteiger partial charge in [0.15, 0.2) is 6.10 Å². The van der Waals surface area contributed by atoms with Gasteiger partial charge in [-0.15, -0.1) is 0 Å². The number of allylic oxidation sites excluding steroid dienone is 36. The Morgan fingerprint density at radius 1 is 0.250 bits per heavy atom. The summed E-state index contributed by atoms with van der Waals surface area (Å²) in [6, 6.07) is 0. The lowest BCUT2D eigenvalue weighted by Crippen LogP contribution is -2.28. The van der Waals surface area contributed by atoms with Crippen LogP contribution in [0.4, 0.5) is 0 Å². The molecule has 0 heterocycles. The van der Waals surface area contributed by atoms with Gasteiger partial charge in [-0.3, -0.25) is 9.59 Å². The van der Waals surface area contributed by atoms with Gasteiger partial charge in [0.1, 0.15) is 6.61 Å². The first-order valence-corrected chi connectivity index (χ1v) is 37.3. The number of unbranched alkanes of at least 4 members (excludes halogenated alkanes) is 22. The first-order chi connectivity index (χ1) is 45.6. The van der Waals surface area contributed by atoms with Crippen molar-refractivity contribution in [3.63, 3.8) is 0 Å². The summed E-state index contributed by atoms with van der Waals surface area (Å²) in [7, 11) is 0. The summed E-state index contributed by atoms with van der Waals surface area (Å²) in [5.74, 6) is -0.636. The highest BCUT2D eigenvalue weighted by Crippen LogP contribution is 2.16. The Labute approximate surface area is 567 Å². The Morgan fingerprint density at radius 3 is 0.663 bits per heavy atom. The van der Waals surface area contributed by atoms with Gasteiger partial charge in [0.2, 0.25) is 0 Å². The Bertz CT molecular complexity index is 2170. The van der Waals surface area contributed by atoms with Crippen LogP contribution in [-0.4, -0.2) is 36.4 Å². The van der Waals surface area contributed by atoms with E-state index in [1.165, 1.54) is 109 Å². The zero-order valence-electron chi connectivity index (χ0n) is 59.0. The molecule has 0 fully saturated rings. The minimum absolute atomic E-state index is 0.0903.